The molecule has 2 saturated heterocycles. The molecule has 0 aromatic carbocycles. The van der Waals surface area contributed by atoms with Gasteiger partial charge in [-0.05, 0) is 13.0 Å². The highest BCUT2D eigenvalue weighted by atomic mass is 16.5. The second kappa shape index (κ2) is 6.76. The van der Waals surface area contributed by atoms with E-state index in [0.717, 1.165) is 39.3 Å². The van der Waals surface area contributed by atoms with Gasteiger partial charge in [0.1, 0.15) is 5.92 Å². The molecule has 3 rings (SSSR count). The van der Waals surface area contributed by atoms with Crippen LogP contribution in [0.25, 0.3) is 0 Å². The first-order valence-electron chi connectivity index (χ1n) is 7.81. The monoisotopic (exact) mass is 310 g/mol. The third kappa shape index (κ3) is 3.16. The number of rotatable bonds is 6. The summed E-state index contributed by atoms with van der Waals surface area (Å²) in [5.41, 5.74) is 0. The molecule has 122 valence electrons. The zero-order valence-electron chi connectivity index (χ0n) is 12.4. The highest BCUT2D eigenvalue weighted by molar-refractivity contribution is 5.87. The van der Waals surface area contributed by atoms with Crippen LogP contribution in [0, 0.1) is 11.8 Å². The molecule has 0 saturated carbocycles. The van der Waals surface area contributed by atoms with Gasteiger partial charge in [-0.3, -0.25) is 14.5 Å². The lowest BCUT2D eigenvalue weighted by molar-refractivity contribution is -0.146. The molecule has 0 aliphatic carbocycles. The maximum absolute atomic E-state index is 12.3. The Balaban J connectivity index is 1.43. The lowest BCUT2D eigenvalue weighted by Crippen LogP contribution is -2.43. The summed E-state index contributed by atoms with van der Waals surface area (Å²) in [4.78, 5) is 25.9. The van der Waals surface area contributed by atoms with Crippen LogP contribution in [-0.2, 0) is 19.1 Å². The third-order valence-electron chi connectivity index (χ3n) is 4.54. The average molecular weight is 310 g/mol. The number of aliphatic carboxylic acids is 1. The van der Waals surface area contributed by atoms with E-state index < -0.39 is 30.0 Å². The number of nitrogens with one attached hydrogen (secondary N) is 1. The van der Waals surface area contributed by atoms with Gasteiger partial charge in [-0.25, -0.2) is 0 Å². The predicted molar refractivity (Wildman–Crippen MR) is 77.3 cm³/mol. The van der Waals surface area contributed by atoms with Crippen LogP contribution in [0.4, 0.5) is 0 Å². The Kier molecular flexibility index (Phi) is 4.75. The molecule has 7 nitrogen and oxygen atoms in total. The highest BCUT2D eigenvalue weighted by Crippen LogP contribution is 2.39. The quantitative estimate of drug-likeness (QED) is 0.507. The summed E-state index contributed by atoms with van der Waals surface area (Å²) in [7, 11) is 0. The minimum Gasteiger partial charge on any atom is -0.481 e. The van der Waals surface area contributed by atoms with Gasteiger partial charge >= 0.3 is 5.97 Å². The van der Waals surface area contributed by atoms with E-state index in [2.05, 4.69) is 10.2 Å². The molecule has 22 heavy (non-hydrogen) atoms. The van der Waals surface area contributed by atoms with Crippen molar-refractivity contribution in [1.29, 1.82) is 0 Å². The van der Waals surface area contributed by atoms with Crippen LogP contribution in [0.15, 0.2) is 12.2 Å². The maximum atomic E-state index is 12.3. The predicted octanol–water partition coefficient (Wildman–Crippen LogP) is -0.521. The van der Waals surface area contributed by atoms with E-state index in [9.17, 15) is 14.7 Å². The standard InChI is InChI=1S/C15H22N2O5/c18-14(16-4-1-5-17-6-8-21-9-7-17)12-10-2-3-11(22-10)13(12)15(19)20/h2-3,10-13H,1,4-9H2,(H,16,18)(H,19,20)/t10-,11-,12+,13+/m1/s1. The van der Waals surface area contributed by atoms with Crippen LogP contribution in [0.3, 0.4) is 0 Å². The first-order chi connectivity index (χ1) is 10.7. The van der Waals surface area contributed by atoms with Gasteiger partial charge < -0.3 is 19.9 Å². The van der Waals surface area contributed by atoms with Crippen LogP contribution >= 0.6 is 0 Å². The lowest BCUT2D eigenvalue weighted by atomic mass is 9.82. The summed E-state index contributed by atoms with van der Waals surface area (Å²) in [5.74, 6) is -2.57. The van der Waals surface area contributed by atoms with Crippen molar-refractivity contribution in [2.75, 3.05) is 39.4 Å². The van der Waals surface area contributed by atoms with Gasteiger partial charge in [0.2, 0.25) is 5.91 Å². The summed E-state index contributed by atoms with van der Waals surface area (Å²) >= 11 is 0. The number of carbonyl (C=O) groups is 2. The molecule has 3 aliphatic heterocycles. The molecule has 0 spiro atoms. The molecule has 3 heterocycles. The van der Waals surface area contributed by atoms with E-state index in [4.69, 9.17) is 9.47 Å². The van der Waals surface area contributed by atoms with E-state index in [1.54, 1.807) is 12.2 Å². The number of nitrogens with zero attached hydrogens (tertiary/aromatic N) is 1. The van der Waals surface area contributed by atoms with Crippen molar-refractivity contribution in [3.8, 4) is 0 Å². The fraction of sp³-hybridized carbons (Fsp3) is 0.733. The van der Waals surface area contributed by atoms with E-state index in [1.807, 2.05) is 0 Å². The molecule has 0 aromatic heterocycles. The van der Waals surface area contributed by atoms with Crippen LogP contribution in [0.2, 0.25) is 0 Å². The third-order valence-corrected chi connectivity index (χ3v) is 4.54. The molecule has 0 aromatic rings. The fourth-order valence-corrected chi connectivity index (χ4v) is 3.37. The summed E-state index contributed by atoms with van der Waals surface area (Å²) < 4.78 is 10.8. The van der Waals surface area contributed by atoms with Gasteiger partial charge in [-0.1, -0.05) is 12.2 Å². The van der Waals surface area contributed by atoms with Crippen molar-refractivity contribution in [2.24, 2.45) is 11.8 Å². The van der Waals surface area contributed by atoms with Gasteiger partial charge in [-0.15, -0.1) is 0 Å². The SMILES string of the molecule is O=C(O)[C@@H]1[C@@H](C(=O)NCCCN2CCOCC2)[C@H]2C=C[C@H]1O2. The van der Waals surface area contributed by atoms with Crippen molar-refractivity contribution >= 4 is 11.9 Å². The summed E-state index contributed by atoms with van der Waals surface area (Å²) in [6.07, 6.45) is 3.52. The van der Waals surface area contributed by atoms with Crippen LogP contribution in [0.5, 0.6) is 0 Å². The van der Waals surface area contributed by atoms with Crippen molar-refractivity contribution in [2.45, 2.75) is 18.6 Å². The number of hydrogen-bond donors (Lipinski definition) is 2. The van der Waals surface area contributed by atoms with Crippen molar-refractivity contribution in [3.63, 3.8) is 0 Å². The zero-order chi connectivity index (χ0) is 15.5. The number of morpholine rings is 1. The summed E-state index contributed by atoms with van der Waals surface area (Å²) in [6, 6.07) is 0. The van der Waals surface area contributed by atoms with Crippen molar-refractivity contribution in [3.05, 3.63) is 12.2 Å². The Morgan fingerprint density at radius 1 is 1.18 bits per heavy atom. The molecular weight excluding hydrogens is 288 g/mol. The maximum Gasteiger partial charge on any atom is 0.310 e. The van der Waals surface area contributed by atoms with E-state index in [0.29, 0.717) is 6.54 Å². The number of hydrogen-bond acceptors (Lipinski definition) is 5. The number of fused-ring (bicyclic) bond motifs is 2. The number of carboxylic acid groups (broad SMARTS) is 1. The Morgan fingerprint density at radius 2 is 1.86 bits per heavy atom. The molecule has 4 atom stereocenters. The van der Waals surface area contributed by atoms with E-state index in [-0.39, 0.29) is 5.91 Å². The molecule has 2 bridgehead atoms. The Labute approximate surface area is 129 Å². The normalized spacial score (nSPS) is 34.0. The number of carboxylic acids is 1. The molecule has 0 unspecified atom stereocenters. The number of carbonyl (C=O) groups excluding carboxylic acids is 1. The topological polar surface area (TPSA) is 88.1 Å². The zero-order valence-corrected chi connectivity index (χ0v) is 12.4. The smallest absolute Gasteiger partial charge is 0.310 e. The van der Waals surface area contributed by atoms with Gasteiger partial charge in [0.05, 0.1) is 31.3 Å². The second-order valence-electron chi connectivity index (χ2n) is 5.94. The highest BCUT2D eigenvalue weighted by Gasteiger charge is 2.53. The van der Waals surface area contributed by atoms with Crippen LogP contribution < -0.4 is 5.32 Å². The molecule has 0 radical (unpaired) electrons. The number of amides is 1. The van der Waals surface area contributed by atoms with E-state index in [1.165, 1.54) is 0 Å². The lowest BCUT2D eigenvalue weighted by Gasteiger charge is -2.26. The Bertz CT molecular complexity index is 461. The number of ether oxygens (including phenoxy) is 2. The Hall–Kier alpha value is -1.44. The van der Waals surface area contributed by atoms with Gasteiger partial charge in [0.25, 0.3) is 0 Å². The molecular formula is C15H22N2O5. The summed E-state index contributed by atoms with van der Waals surface area (Å²) in [5, 5.41) is 12.1. The van der Waals surface area contributed by atoms with Crippen LogP contribution in [0.1, 0.15) is 6.42 Å². The largest absolute Gasteiger partial charge is 0.481 e. The molecule has 2 N–H and O–H groups in total. The molecule has 1 amide bonds. The minimum atomic E-state index is -0.967. The molecule has 2 fully saturated rings. The van der Waals surface area contributed by atoms with Gasteiger partial charge in [0, 0.05) is 19.6 Å². The average Bonchev–Trinajstić information content (AvgIpc) is 3.13. The van der Waals surface area contributed by atoms with Crippen LogP contribution in [-0.4, -0.2) is 73.5 Å². The summed E-state index contributed by atoms with van der Waals surface area (Å²) in [6.45, 7) is 4.86. The van der Waals surface area contributed by atoms with Crippen molar-refractivity contribution in [1.82, 2.24) is 10.2 Å². The molecule has 3 aliphatic rings. The van der Waals surface area contributed by atoms with Crippen molar-refractivity contribution < 1.29 is 24.2 Å². The van der Waals surface area contributed by atoms with Gasteiger partial charge in [-0.2, -0.15) is 0 Å². The first-order valence-corrected chi connectivity index (χ1v) is 7.81. The minimum absolute atomic E-state index is 0.216. The van der Waals surface area contributed by atoms with E-state index >= 15 is 0 Å². The molecule has 7 heteroatoms. The fourth-order valence-electron chi connectivity index (χ4n) is 3.37. The first kappa shape index (κ1) is 15.5. The van der Waals surface area contributed by atoms with Gasteiger partial charge in [0.15, 0.2) is 0 Å². The second-order valence-corrected chi connectivity index (χ2v) is 5.94. The Morgan fingerprint density at radius 3 is 2.55 bits per heavy atom.